The maximum absolute atomic E-state index is 4.33. The number of nitrogens with one attached hydrogen (secondary N) is 2. The highest BCUT2D eigenvalue weighted by molar-refractivity contribution is 5.79. The first-order valence-corrected chi connectivity index (χ1v) is 8.37. The lowest BCUT2D eigenvalue weighted by molar-refractivity contribution is 0.476. The van der Waals surface area contributed by atoms with Crippen molar-refractivity contribution >= 4 is 11.6 Å². The van der Waals surface area contributed by atoms with Crippen LogP contribution in [0.4, 0.5) is 5.69 Å². The van der Waals surface area contributed by atoms with Crippen molar-refractivity contribution in [3.05, 3.63) is 30.3 Å². The molecule has 0 aliphatic carbocycles. The normalized spacial score (nSPS) is 20.3. The molecule has 0 radical (unpaired) electrons. The molecule has 1 aliphatic rings. The molecule has 122 valence electrons. The predicted molar refractivity (Wildman–Crippen MR) is 95.6 cm³/mol. The second kappa shape index (κ2) is 8.06. The number of para-hydroxylation sites is 1. The average Bonchev–Trinajstić information content (AvgIpc) is 3.00. The number of benzene rings is 1. The fourth-order valence-corrected chi connectivity index (χ4v) is 2.69. The van der Waals surface area contributed by atoms with Crippen LogP contribution in [0.1, 0.15) is 27.2 Å². The van der Waals surface area contributed by atoms with Crippen LogP contribution in [-0.4, -0.2) is 38.7 Å². The summed E-state index contributed by atoms with van der Waals surface area (Å²) in [7, 11) is 1.84. The first-order chi connectivity index (χ1) is 10.6. The van der Waals surface area contributed by atoms with E-state index in [-0.39, 0.29) is 0 Å². The molecule has 4 nitrogen and oxygen atoms in total. The van der Waals surface area contributed by atoms with E-state index in [2.05, 4.69) is 71.6 Å². The van der Waals surface area contributed by atoms with Crippen LogP contribution in [0.3, 0.4) is 0 Å². The van der Waals surface area contributed by atoms with Gasteiger partial charge in [0.15, 0.2) is 5.96 Å². The lowest BCUT2D eigenvalue weighted by Gasteiger charge is -2.22. The first kappa shape index (κ1) is 16.7. The molecule has 0 spiro atoms. The van der Waals surface area contributed by atoms with E-state index in [1.165, 1.54) is 12.1 Å². The van der Waals surface area contributed by atoms with Gasteiger partial charge in [-0.05, 0) is 37.3 Å². The van der Waals surface area contributed by atoms with Gasteiger partial charge in [-0.2, -0.15) is 0 Å². The Labute approximate surface area is 135 Å². The van der Waals surface area contributed by atoms with Gasteiger partial charge in [0.1, 0.15) is 0 Å². The minimum absolute atomic E-state index is 0.426. The van der Waals surface area contributed by atoms with Crippen LogP contribution in [0.25, 0.3) is 0 Å². The topological polar surface area (TPSA) is 39.7 Å². The summed E-state index contributed by atoms with van der Waals surface area (Å²) in [6.45, 7) is 9.88. The van der Waals surface area contributed by atoms with Crippen LogP contribution in [0, 0.1) is 11.8 Å². The summed E-state index contributed by atoms with van der Waals surface area (Å²) in [5.41, 5.74) is 1.33. The highest BCUT2D eigenvalue weighted by atomic mass is 15.2. The Morgan fingerprint density at radius 3 is 2.64 bits per heavy atom. The van der Waals surface area contributed by atoms with Crippen molar-refractivity contribution in [1.29, 1.82) is 0 Å². The summed E-state index contributed by atoms with van der Waals surface area (Å²) >= 11 is 0. The van der Waals surface area contributed by atoms with Crippen molar-refractivity contribution < 1.29 is 0 Å². The fourth-order valence-electron chi connectivity index (χ4n) is 2.69. The highest BCUT2D eigenvalue weighted by Gasteiger charge is 2.22. The zero-order valence-electron chi connectivity index (χ0n) is 14.3. The second-order valence-electron chi connectivity index (χ2n) is 6.57. The molecule has 1 aromatic rings. The molecule has 1 fully saturated rings. The molecule has 0 amide bonds. The smallest absolute Gasteiger partial charge is 0.191 e. The molecule has 2 atom stereocenters. The van der Waals surface area contributed by atoms with Crippen molar-refractivity contribution in [3.63, 3.8) is 0 Å². The largest absolute Gasteiger partial charge is 0.371 e. The Hall–Kier alpha value is -1.71. The third kappa shape index (κ3) is 4.65. The highest BCUT2D eigenvalue weighted by Crippen LogP contribution is 2.22. The Kier molecular flexibility index (Phi) is 6.10. The van der Waals surface area contributed by atoms with Crippen LogP contribution in [-0.2, 0) is 0 Å². The maximum atomic E-state index is 4.33. The van der Waals surface area contributed by atoms with Crippen LogP contribution in [0.5, 0.6) is 0 Å². The zero-order chi connectivity index (χ0) is 15.9. The van der Waals surface area contributed by atoms with E-state index in [4.69, 9.17) is 0 Å². The molecule has 2 rings (SSSR count). The van der Waals surface area contributed by atoms with E-state index in [0.29, 0.717) is 17.9 Å². The SMILES string of the molecule is CN=C(NCC1CCN(c2ccccc2)C1)NC(C)C(C)C. The zero-order valence-corrected chi connectivity index (χ0v) is 14.3. The van der Waals surface area contributed by atoms with Gasteiger partial charge in [-0.25, -0.2) is 0 Å². The number of nitrogens with zero attached hydrogens (tertiary/aromatic N) is 2. The Balaban J connectivity index is 1.78. The Bertz CT molecular complexity index is 469. The first-order valence-electron chi connectivity index (χ1n) is 8.37. The number of hydrogen-bond donors (Lipinski definition) is 2. The average molecular weight is 302 g/mol. The minimum atomic E-state index is 0.426. The van der Waals surface area contributed by atoms with E-state index >= 15 is 0 Å². The number of rotatable bonds is 5. The van der Waals surface area contributed by atoms with E-state index in [9.17, 15) is 0 Å². The monoisotopic (exact) mass is 302 g/mol. The van der Waals surface area contributed by atoms with Crippen molar-refractivity contribution in [3.8, 4) is 0 Å². The summed E-state index contributed by atoms with van der Waals surface area (Å²) in [5, 5.41) is 6.94. The van der Waals surface area contributed by atoms with Gasteiger partial charge in [-0.15, -0.1) is 0 Å². The molecule has 1 aliphatic heterocycles. The van der Waals surface area contributed by atoms with Crippen LogP contribution < -0.4 is 15.5 Å². The van der Waals surface area contributed by atoms with Crippen LogP contribution in [0.15, 0.2) is 35.3 Å². The van der Waals surface area contributed by atoms with E-state index in [1.807, 2.05) is 7.05 Å². The Morgan fingerprint density at radius 1 is 1.27 bits per heavy atom. The van der Waals surface area contributed by atoms with E-state index in [1.54, 1.807) is 0 Å². The summed E-state index contributed by atoms with van der Waals surface area (Å²) in [6.07, 6.45) is 1.23. The van der Waals surface area contributed by atoms with Crippen molar-refractivity contribution in [2.75, 3.05) is 31.6 Å². The van der Waals surface area contributed by atoms with Gasteiger partial charge in [-0.1, -0.05) is 32.0 Å². The van der Waals surface area contributed by atoms with Gasteiger partial charge < -0.3 is 15.5 Å². The number of hydrogen-bond acceptors (Lipinski definition) is 2. The standard InChI is InChI=1S/C18H30N4/c1-14(2)15(3)21-18(19-4)20-12-16-10-11-22(13-16)17-8-6-5-7-9-17/h5-9,14-16H,10-13H2,1-4H3,(H2,19,20,21). The van der Waals surface area contributed by atoms with Crippen LogP contribution in [0.2, 0.25) is 0 Å². The number of anilines is 1. The molecule has 1 saturated heterocycles. The lowest BCUT2D eigenvalue weighted by atomic mass is 10.1. The van der Waals surface area contributed by atoms with Crippen molar-refractivity contribution in [2.45, 2.75) is 33.2 Å². The quantitative estimate of drug-likeness (QED) is 0.649. The van der Waals surface area contributed by atoms with E-state index in [0.717, 1.165) is 25.6 Å². The molecule has 22 heavy (non-hydrogen) atoms. The number of aliphatic imine (C=N–C) groups is 1. The molecular formula is C18H30N4. The molecule has 1 heterocycles. The third-order valence-electron chi connectivity index (χ3n) is 4.55. The minimum Gasteiger partial charge on any atom is -0.371 e. The van der Waals surface area contributed by atoms with Gasteiger partial charge in [0, 0.05) is 38.4 Å². The van der Waals surface area contributed by atoms with Gasteiger partial charge >= 0.3 is 0 Å². The second-order valence-corrected chi connectivity index (χ2v) is 6.57. The van der Waals surface area contributed by atoms with Gasteiger partial charge in [0.25, 0.3) is 0 Å². The summed E-state index contributed by atoms with van der Waals surface area (Å²) in [5.74, 6) is 2.19. The van der Waals surface area contributed by atoms with Gasteiger partial charge in [0.05, 0.1) is 0 Å². The molecular weight excluding hydrogens is 272 g/mol. The van der Waals surface area contributed by atoms with Crippen molar-refractivity contribution in [1.82, 2.24) is 10.6 Å². The molecule has 1 aromatic carbocycles. The molecule has 0 bridgehead atoms. The molecule has 2 N–H and O–H groups in total. The van der Waals surface area contributed by atoms with Crippen LogP contribution >= 0.6 is 0 Å². The van der Waals surface area contributed by atoms with E-state index < -0.39 is 0 Å². The van der Waals surface area contributed by atoms with Gasteiger partial charge in [-0.3, -0.25) is 4.99 Å². The summed E-state index contributed by atoms with van der Waals surface area (Å²) in [6, 6.07) is 11.1. The van der Waals surface area contributed by atoms with Crippen molar-refractivity contribution in [2.24, 2.45) is 16.8 Å². The number of guanidine groups is 1. The molecule has 4 heteroatoms. The molecule has 0 saturated carbocycles. The molecule has 2 unspecified atom stereocenters. The summed E-state index contributed by atoms with van der Waals surface area (Å²) < 4.78 is 0. The maximum Gasteiger partial charge on any atom is 0.191 e. The Morgan fingerprint density at radius 2 is 2.00 bits per heavy atom. The van der Waals surface area contributed by atoms with Gasteiger partial charge in [0.2, 0.25) is 0 Å². The summed E-state index contributed by atoms with van der Waals surface area (Å²) in [4.78, 5) is 6.80. The molecule has 0 aromatic heterocycles. The third-order valence-corrected chi connectivity index (χ3v) is 4.55. The predicted octanol–water partition coefficient (Wildman–Crippen LogP) is 2.72. The fraction of sp³-hybridized carbons (Fsp3) is 0.611. The lowest BCUT2D eigenvalue weighted by Crippen LogP contribution is -2.45.